The molecule has 0 saturated carbocycles. The third-order valence-corrected chi connectivity index (χ3v) is 3.50. The van der Waals surface area contributed by atoms with Crippen molar-refractivity contribution in [3.63, 3.8) is 0 Å². The van der Waals surface area contributed by atoms with E-state index in [-0.39, 0.29) is 65.5 Å². The molecule has 0 aliphatic heterocycles. The van der Waals surface area contributed by atoms with Crippen molar-refractivity contribution in [2.45, 2.75) is 0 Å². The van der Waals surface area contributed by atoms with E-state index in [1.165, 1.54) is 12.1 Å². The number of carbonyl (C=O) groups is 4. The van der Waals surface area contributed by atoms with E-state index in [1.807, 2.05) is 0 Å². The smallest absolute Gasteiger partial charge is 0.545 e. The fourth-order valence-electron chi connectivity index (χ4n) is 2.48. The van der Waals surface area contributed by atoms with Crippen molar-refractivity contribution in [1.82, 2.24) is 0 Å². The average Bonchev–Trinajstić information content (AvgIpc) is 2.51. The van der Waals surface area contributed by atoms with Gasteiger partial charge in [0.15, 0.2) is 11.6 Å². The molecule has 2 aromatic rings. The molecular formula is C16H8Li2O7. The van der Waals surface area contributed by atoms with Crippen LogP contribution in [0.25, 0.3) is 0 Å². The average molecular weight is 326 g/mol. The summed E-state index contributed by atoms with van der Waals surface area (Å²) in [6.07, 6.45) is 0. The van der Waals surface area contributed by atoms with Crippen LogP contribution in [0.2, 0.25) is 0 Å². The zero-order chi connectivity index (χ0) is 16.0. The largest absolute Gasteiger partial charge is 1.00 e. The Morgan fingerprint density at radius 3 is 1.28 bits per heavy atom. The van der Waals surface area contributed by atoms with Gasteiger partial charge in [-0.1, -0.05) is 24.3 Å². The Bertz CT molecular complexity index is 818. The van der Waals surface area contributed by atoms with E-state index in [0.717, 1.165) is 12.1 Å². The standard InChI is InChI=1S/C16H8O6.2Li.H2O/c17-13-7-3-1-2-4-8(7)14(18)10-6-12(16(21)22)11(15(19)20)5-9(10)13;;;/h1-6H,(H,19,20)(H,21,22);;;1H2/q;2*+1;/p-2. The summed E-state index contributed by atoms with van der Waals surface area (Å²) in [5.41, 5.74) is -1.42. The van der Waals surface area contributed by atoms with Crippen molar-refractivity contribution in [2.75, 3.05) is 0 Å². The fourth-order valence-corrected chi connectivity index (χ4v) is 2.48. The molecule has 0 unspecified atom stereocenters. The first-order valence-corrected chi connectivity index (χ1v) is 6.21. The molecule has 0 atom stereocenters. The third kappa shape index (κ3) is 3.62. The molecular weight excluding hydrogens is 318 g/mol. The van der Waals surface area contributed by atoms with Gasteiger partial charge in [0.1, 0.15) is 0 Å². The van der Waals surface area contributed by atoms with Gasteiger partial charge >= 0.3 is 37.7 Å². The van der Waals surface area contributed by atoms with E-state index in [0.29, 0.717) is 0 Å². The topological polar surface area (TPSA) is 146 Å². The van der Waals surface area contributed by atoms with Crippen LogP contribution in [0.1, 0.15) is 52.6 Å². The molecule has 0 saturated heterocycles. The summed E-state index contributed by atoms with van der Waals surface area (Å²) in [4.78, 5) is 46.9. The van der Waals surface area contributed by atoms with Crippen LogP contribution >= 0.6 is 0 Å². The third-order valence-electron chi connectivity index (χ3n) is 3.50. The Labute approximate surface area is 165 Å². The van der Waals surface area contributed by atoms with Gasteiger partial charge in [0, 0.05) is 33.4 Å². The summed E-state index contributed by atoms with van der Waals surface area (Å²) in [7, 11) is 0. The van der Waals surface area contributed by atoms with Gasteiger partial charge in [-0.05, 0) is 12.1 Å². The molecule has 9 heteroatoms. The first-order valence-electron chi connectivity index (χ1n) is 6.21. The number of hydrogen-bond donors (Lipinski definition) is 0. The SMILES string of the molecule is O.O=C([O-])c1cc2c(cc1C(=O)[O-])C(=O)c1ccccc1C2=O.[Li+].[Li+]. The number of carbonyl (C=O) groups excluding carboxylic acids is 4. The Kier molecular flexibility index (Phi) is 7.60. The van der Waals surface area contributed by atoms with Gasteiger partial charge in [-0.15, -0.1) is 0 Å². The summed E-state index contributed by atoms with van der Waals surface area (Å²) in [5.74, 6) is -4.61. The summed E-state index contributed by atoms with van der Waals surface area (Å²) in [6, 6.07) is 7.75. The molecule has 0 fully saturated rings. The van der Waals surface area contributed by atoms with Crippen LogP contribution in [-0.2, 0) is 0 Å². The van der Waals surface area contributed by atoms with Crippen LogP contribution in [0, 0.1) is 0 Å². The molecule has 25 heavy (non-hydrogen) atoms. The van der Waals surface area contributed by atoms with Crippen molar-refractivity contribution < 1.29 is 72.6 Å². The number of carboxylic acid groups (broad SMARTS) is 2. The Morgan fingerprint density at radius 2 is 1.00 bits per heavy atom. The maximum absolute atomic E-state index is 12.4. The molecule has 0 aromatic heterocycles. The van der Waals surface area contributed by atoms with Gasteiger partial charge in [0.2, 0.25) is 0 Å². The Hall–Kier alpha value is -2.13. The molecule has 116 valence electrons. The molecule has 0 radical (unpaired) electrons. The molecule has 3 rings (SSSR count). The number of benzene rings is 2. The minimum absolute atomic E-state index is 0. The van der Waals surface area contributed by atoms with Crippen molar-refractivity contribution in [1.29, 1.82) is 0 Å². The maximum Gasteiger partial charge on any atom is 1.00 e. The molecule has 2 aromatic carbocycles. The Balaban J connectivity index is 0.00000192. The molecule has 2 N–H and O–H groups in total. The number of fused-ring (bicyclic) bond motifs is 2. The number of carboxylic acids is 2. The minimum Gasteiger partial charge on any atom is -0.545 e. The summed E-state index contributed by atoms with van der Waals surface area (Å²) < 4.78 is 0. The minimum atomic E-state index is -1.76. The van der Waals surface area contributed by atoms with Crippen molar-refractivity contribution in [3.05, 3.63) is 69.8 Å². The first kappa shape index (κ1) is 22.9. The molecule has 7 nitrogen and oxygen atoms in total. The maximum atomic E-state index is 12.4. The van der Waals surface area contributed by atoms with Crippen molar-refractivity contribution in [3.8, 4) is 0 Å². The van der Waals surface area contributed by atoms with E-state index >= 15 is 0 Å². The predicted octanol–water partition coefficient (Wildman–Crippen LogP) is -7.63. The molecule has 0 bridgehead atoms. The second-order valence-electron chi connectivity index (χ2n) is 4.72. The van der Waals surface area contributed by atoms with Gasteiger partial charge in [0.05, 0.1) is 11.9 Å². The predicted molar refractivity (Wildman–Crippen MR) is 72.0 cm³/mol. The second kappa shape index (κ2) is 8.31. The zero-order valence-corrected chi connectivity index (χ0v) is 13.4. The van der Waals surface area contributed by atoms with Gasteiger partial charge in [-0.3, -0.25) is 9.59 Å². The van der Waals surface area contributed by atoms with E-state index in [1.54, 1.807) is 12.1 Å². The van der Waals surface area contributed by atoms with Gasteiger partial charge in [0.25, 0.3) is 0 Å². The second-order valence-corrected chi connectivity index (χ2v) is 4.72. The number of ketones is 2. The summed E-state index contributed by atoms with van der Waals surface area (Å²) in [5, 5.41) is 22.1. The number of rotatable bonds is 2. The number of hydrogen-bond acceptors (Lipinski definition) is 6. The van der Waals surface area contributed by atoms with Crippen LogP contribution in [0.15, 0.2) is 36.4 Å². The molecule has 1 aliphatic rings. The van der Waals surface area contributed by atoms with E-state index in [4.69, 9.17) is 0 Å². The van der Waals surface area contributed by atoms with Gasteiger partial charge in [-0.2, -0.15) is 0 Å². The van der Waals surface area contributed by atoms with Gasteiger partial charge < -0.3 is 25.3 Å². The van der Waals surface area contributed by atoms with E-state index in [9.17, 15) is 29.4 Å². The first-order chi connectivity index (χ1) is 10.4. The number of aromatic carboxylic acids is 2. The fraction of sp³-hybridized carbons (Fsp3) is 0. The van der Waals surface area contributed by atoms with Crippen LogP contribution < -0.4 is 47.9 Å². The van der Waals surface area contributed by atoms with E-state index < -0.39 is 34.6 Å². The van der Waals surface area contributed by atoms with Crippen LogP contribution in [0.5, 0.6) is 0 Å². The monoisotopic (exact) mass is 326 g/mol. The van der Waals surface area contributed by atoms with Crippen LogP contribution in [0.3, 0.4) is 0 Å². The zero-order valence-electron chi connectivity index (χ0n) is 13.4. The summed E-state index contributed by atoms with van der Waals surface area (Å²) in [6.45, 7) is 0. The molecule has 0 amide bonds. The van der Waals surface area contributed by atoms with Crippen molar-refractivity contribution >= 4 is 23.5 Å². The van der Waals surface area contributed by atoms with Gasteiger partial charge in [-0.25, -0.2) is 0 Å². The van der Waals surface area contributed by atoms with Crippen LogP contribution in [-0.4, -0.2) is 29.0 Å². The molecule has 0 heterocycles. The quantitative estimate of drug-likeness (QED) is 0.427. The normalized spacial score (nSPS) is 11.0. The van der Waals surface area contributed by atoms with Crippen LogP contribution in [0.4, 0.5) is 0 Å². The Morgan fingerprint density at radius 1 is 0.680 bits per heavy atom. The summed E-state index contributed by atoms with van der Waals surface area (Å²) >= 11 is 0. The van der Waals surface area contributed by atoms with E-state index in [2.05, 4.69) is 0 Å². The molecule has 0 spiro atoms. The van der Waals surface area contributed by atoms with Crippen molar-refractivity contribution in [2.24, 2.45) is 0 Å². The molecule has 1 aliphatic carbocycles.